The summed E-state index contributed by atoms with van der Waals surface area (Å²) in [6.45, 7) is 36.5. The van der Waals surface area contributed by atoms with Crippen LogP contribution in [-0.4, -0.2) is 56.2 Å². The van der Waals surface area contributed by atoms with Crippen molar-refractivity contribution in [3.8, 4) is 0 Å². The van der Waals surface area contributed by atoms with Crippen LogP contribution in [0.3, 0.4) is 0 Å². The maximum atomic E-state index is 11.2. The van der Waals surface area contributed by atoms with Crippen LogP contribution >= 0.6 is 0 Å². The van der Waals surface area contributed by atoms with Crippen LogP contribution in [0, 0.1) is 208 Å². The third kappa shape index (κ3) is 12.1. The van der Waals surface area contributed by atoms with E-state index in [4.69, 9.17) is 25.1 Å². The molecule has 15 aliphatic rings. The van der Waals surface area contributed by atoms with Crippen molar-refractivity contribution in [3.63, 3.8) is 0 Å². The Morgan fingerprint density at radius 1 is 0.341 bits per heavy atom. The number of carbonyl (C=O) groups excluding carboxylic acids is 2. The van der Waals surface area contributed by atoms with Gasteiger partial charge in [0.15, 0.2) is 0 Å². The molecule has 14 bridgehead atoms. The van der Waals surface area contributed by atoms with E-state index in [0.717, 1.165) is 90.3 Å². The first-order valence-corrected chi connectivity index (χ1v) is 33.2. The number of carbonyl (C=O) groups is 6. The Balaban J connectivity index is 0.000000125. The summed E-state index contributed by atoms with van der Waals surface area (Å²) in [4.78, 5) is 66.1. The van der Waals surface area contributed by atoms with Crippen molar-refractivity contribution in [1.82, 2.24) is 0 Å². The maximum absolute atomic E-state index is 11.2. The zero-order valence-electron chi connectivity index (χ0n) is 52.5. The van der Waals surface area contributed by atoms with Gasteiger partial charge in [0.2, 0.25) is 0 Å². The Hall–Kier alpha value is -3.50. The summed E-state index contributed by atoms with van der Waals surface area (Å²) in [5, 5.41) is 36.0. The van der Waals surface area contributed by atoms with Gasteiger partial charge in [-0.2, -0.15) is 0 Å². The quantitative estimate of drug-likeness (QED) is 0.0683. The van der Waals surface area contributed by atoms with E-state index in [-0.39, 0.29) is 59.3 Å². The van der Waals surface area contributed by atoms with Crippen molar-refractivity contribution in [2.45, 2.75) is 180 Å². The Morgan fingerprint density at radius 2 is 0.585 bits per heavy atom. The van der Waals surface area contributed by atoms with Gasteiger partial charge in [0.1, 0.15) is 0 Å². The number of fused-ring (bicyclic) bond motifs is 17. The fraction of sp³-hybridized carbons (Fsp3) is 0.871. The molecule has 0 spiro atoms. The molecule has 1 heterocycles. The first-order valence-electron chi connectivity index (χ1n) is 33.2. The van der Waals surface area contributed by atoms with Crippen LogP contribution in [0.25, 0.3) is 0 Å². The van der Waals surface area contributed by atoms with Crippen molar-refractivity contribution in [2.75, 3.05) is 0 Å². The van der Waals surface area contributed by atoms with Gasteiger partial charge < -0.3 is 25.2 Å². The normalized spacial score (nSPS) is 51.7. The zero-order chi connectivity index (χ0) is 60.4. The van der Waals surface area contributed by atoms with E-state index < -0.39 is 23.9 Å². The number of cyclic esters (lactones) is 2. The van der Waals surface area contributed by atoms with E-state index in [0.29, 0.717) is 82.9 Å². The van der Waals surface area contributed by atoms with Crippen LogP contribution in [0.5, 0.6) is 0 Å². The van der Waals surface area contributed by atoms with Crippen molar-refractivity contribution in [3.05, 3.63) is 18.8 Å². The summed E-state index contributed by atoms with van der Waals surface area (Å²) in [5.74, 6) is 16.9. The van der Waals surface area contributed by atoms with Gasteiger partial charge in [0, 0.05) is 0 Å². The van der Waals surface area contributed by atoms with E-state index in [2.05, 4.69) is 108 Å². The fourth-order valence-corrected chi connectivity index (χ4v) is 23.0. The molecule has 13 saturated carbocycles. The van der Waals surface area contributed by atoms with Crippen molar-refractivity contribution < 1.29 is 58.6 Å². The molecule has 1 aliphatic heterocycles. The monoisotopic (exact) mass is 1140 g/mol. The third-order valence-electron chi connectivity index (χ3n) is 27.8. The Bertz CT molecular complexity index is 2200. The van der Waals surface area contributed by atoms with Crippen molar-refractivity contribution in [2.24, 2.45) is 201 Å². The number of esters is 2. The van der Waals surface area contributed by atoms with Gasteiger partial charge in [-0.3, -0.25) is 28.8 Å². The standard InChI is InChI=1S/4C10H16O2.2C10H18.C9H8O3.CO/c2*1-5-3-7-4-8(5)6(2)9(7)10(11)12;2*1-5-3-7-4-8(5)9(6(7)2)10(11)12;2*1-6-4-9-5-10(6)8(3)7(9)2;10-8-6-4-1-2-5(3-4)7(6)9(11)12-8;1-2/h4*5-9H,3-4H2,1-2H3,(H,11,12);2*6-10H,4-5H2,1-3H3;1-2,4-7H,3H2;/t5-,6+,7?,8?,9+;5-,6-,7?,8?,9-;5-,6+,7?,8?,9+;5-,6-,7?,8?,9-;6-,7+,8-,9?,10?;6-,7-,8+,9?,10?;4?,5?,6-,7+;/m011001../s1. The molecule has 12 heteroatoms. The number of carboxylic acid groups (broad SMARTS) is 4. The van der Waals surface area contributed by atoms with Gasteiger partial charge >= 0.3 is 47.1 Å². The molecule has 82 heavy (non-hydrogen) atoms. The summed E-state index contributed by atoms with van der Waals surface area (Å²) >= 11 is 0. The summed E-state index contributed by atoms with van der Waals surface area (Å²) in [7, 11) is 0. The summed E-state index contributed by atoms with van der Waals surface area (Å²) in [6, 6.07) is 0. The molecule has 15 rings (SSSR count). The molecule has 460 valence electrons. The average molecular weight is 1140 g/mol. The van der Waals surface area contributed by atoms with Crippen molar-refractivity contribution in [1.29, 1.82) is 0 Å². The van der Waals surface area contributed by atoms with E-state index in [1.807, 2.05) is 12.2 Å². The molecule has 0 aromatic heterocycles. The molecule has 34 atom stereocenters. The minimum atomic E-state index is -0.568. The molecule has 14 aliphatic carbocycles. The first kappa shape index (κ1) is 64.5. The Kier molecular flexibility index (Phi) is 20.3. The molecule has 12 nitrogen and oxygen atoms in total. The number of ether oxygens (including phenoxy) is 1. The second-order valence-electron chi connectivity index (χ2n) is 31.3. The molecule has 14 fully saturated rings. The van der Waals surface area contributed by atoms with Gasteiger partial charge in [-0.05, 0) is 249 Å². The van der Waals surface area contributed by atoms with E-state index in [9.17, 15) is 28.8 Å². The zero-order valence-corrected chi connectivity index (χ0v) is 52.5. The minimum absolute atomic E-state index is 0.0359. The number of hydrogen-bond acceptors (Lipinski definition) is 7. The van der Waals surface area contributed by atoms with Gasteiger partial charge in [-0.15, -0.1) is 0 Å². The molecule has 0 amide bonds. The molecule has 4 N–H and O–H groups in total. The number of aliphatic carboxylic acids is 4. The van der Waals surface area contributed by atoms with Crippen molar-refractivity contribution >= 4 is 35.8 Å². The number of carboxylic acids is 4. The van der Waals surface area contributed by atoms with Crippen LogP contribution in [0.15, 0.2) is 12.2 Å². The van der Waals surface area contributed by atoms with Crippen LogP contribution in [0.1, 0.15) is 180 Å². The molecule has 0 aromatic carbocycles. The number of allylic oxidation sites excluding steroid dienone is 2. The van der Waals surface area contributed by atoms with Crippen LogP contribution < -0.4 is 0 Å². The Morgan fingerprint density at radius 3 is 0.805 bits per heavy atom. The topological polar surface area (TPSA) is 212 Å². The number of rotatable bonds is 4. The molecule has 14 unspecified atom stereocenters. The van der Waals surface area contributed by atoms with Crippen LogP contribution in [0.4, 0.5) is 0 Å². The van der Waals surface area contributed by atoms with Gasteiger partial charge in [-0.25, -0.2) is 0 Å². The second kappa shape index (κ2) is 25.8. The fourth-order valence-electron chi connectivity index (χ4n) is 23.0. The Labute approximate surface area is 492 Å². The van der Waals surface area contributed by atoms with Gasteiger partial charge in [0.25, 0.3) is 0 Å². The predicted octanol–water partition coefficient (Wildman–Crippen LogP) is 14.3. The predicted molar refractivity (Wildman–Crippen MR) is 313 cm³/mol. The molecule has 0 aromatic rings. The molecular weight excluding hydrogens is 1030 g/mol. The molecule has 0 radical (unpaired) electrons. The van der Waals surface area contributed by atoms with Gasteiger partial charge in [0.05, 0.1) is 35.5 Å². The average Bonchev–Trinajstić information content (AvgIpc) is 3.77. The molecule has 1 saturated heterocycles. The summed E-state index contributed by atoms with van der Waals surface area (Å²) in [6.07, 6.45) is 20.7. The summed E-state index contributed by atoms with van der Waals surface area (Å²) in [5.41, 5.74) is 0. The SMILES string of the molecule is C[C@@H]1C2CC(C[C@@H]2C)[C@@H]1C.C[C@@H]1C2CC(C[C@@H]2C)[C@@H]1C(=O)O.C[C@@H]1CC2CC1[C@@H](C(=O)O)[C@H]2C.C[C@@H]1CC2CC1[C@@H](C)[C@H]2C.C[C@@H]1CC2CC1[C@@H](C)[C@H]2C(=O)O.C[C@H]1CC2CC1[C@@H](C(=O)O)[C@H]2C.O=C1OC(=O)[C@H]2C3C=CC(C3)[C@@H]12.[C-]#[O+]. The van der Waals surface area contributed by atoms with Gasteiger partial charge in [-0.1, -0.05) is 109 Å². The van der Waals surface area contributed by atoms with Crippen LogP contribution in [-0.2, 0) is 38.2 Å². The van der Waals surface area contributed by atoms with E-state index in [1.165, 1.54) is 51.4 Å². The van der Waals surface area contributed by atoms with Crippen LogP contribution in [0.2, 0.25) is 0 Å². The number of hydrogen-bond donors (Lipinski definition) is 4. The van der Waals surface area contributed by atoms with E-state index >= 15 is 0 Å². The first-order chi connectivity index (χ1) is 38.6. The van der Waals surface area contributed by atoms with E-state index in [1.54, 1.807) is 12.8 Å². The molecular formula is C70H108O12. The summed E-state index contributed by atoms with van der Waals surface area (Å²) < 4.78 is 12.1. The second-order valence-corrected chi connectivity index (χ2v) is 31.3. The third-order valence-corrected chi connectivity index (χ3v) is 27.8.